The fraction of sp³-hybridized carbons (Fsp3) is 0.500. The van der Waals surface area contributed by atoms with Gasteiger partial charge in [0.2, 0.25) is 0 Å². The highest BCUT2D eigenvalue weighted by atomic mass is 127. The molecule has 0 aliphatic heterocycles. The van der Waals surface area contributed by atoms with Gasteiger partial charge in [0.25, 0.3) is 5.56 Å². The van der Waals surface area contributed by atoms with Crippen LogP contribution < -0.4 is 5.56 Å². The predicted octanol–water partition coefficient (Wildman–Crippen LogP) is 1.06. The lowest BCUT2D eigenvalue weighted by Gasteiger charge is -2.11. The first-order chi connectivity index (χ1) is 6.15. The summed E-state index contributed by atoms with van der Waals surface area (Å²) in [5, 5.41) is 4.01. The fourth-order valence-corrected chi connectivity index (χ4v) is 1.43. The fourth-order valence-electron chi connectivity index (χ4n) is 1.04. The Balaban J connectivity index is 2.95. The van der Waals surface area contributed by atoms with E-state index in [-0.39, 0.29) is 11.6 Å². The molecule has 1 unspecified atom stereocenters. The average Bonchev–Trinajstić information content (AvgIpc) is 2.04. The minimum Gasteiger partial charge on any atom is -0.382 e. The van der Waals surface area contributed by atoms with Crippen molar-refractivity contribution < 1.29 is 4.74 Å². The second kappa shape index (κ2) is 4.71. The van der Waals surface area contributed by atoms with Gasteiger partial charge in [-0.15, -0.1) is 0 Å². The lowest BCUT2D eigenvalue weighted by molar-refractivity contribution is 0.154. The van der Waals surface area contributed by atoms with E-state index in [1.165, 1.54) is 4.68 Å². The van der Waals surface area contributed by atoms with Gasteiger partial charge in [0.15, 0.2) is 0 Å². The maximum atomic E-state index is 11.4. The van der Waals surface area contributed by atoms with Crippen LogP contribution in [-0.4, -0.2) is 23.5 Å². The predicted molar refractivity (Wildman–Crippen MR) is 57.8 cm³/mol. The van der Waals surface area contributed by atoms with Crippen molar-refractivity contribution >= 4 is 22.6 Å². The normalized spacial score (nSPS) is 12.8. The van der Waals surface area contributed by atoms with E-state index in [1.54, 1.807) is 19.4 Å². The molecular weight excluding hydrogens is 283 g/mol. The van der Waals surface area contributed by atoms with Crippen LogP contribution >= 0.6 is 22.6 Å². The van der Waals surface area contributed by atoms with Crippen molar-refractivity contribution in [3.05, 3.63) is 26.2 Å². The maximum absolute atomic E-state index is 11.4. The van der Waals surface area contributed by atoms with Crippen LogP contribution in [-0.2, 0) is 4.74 Å². The SMILES string of the molecule is COCC(C)n1ncc(I)cc1=O. The van der Waals surface area contributed by atoms with E-state index >= 15 is 0 Å². The topological polar surface area (TPSA) is 44.1 Å². The highest BCUT2D eigenvalue weighted by molar-refractivity contribution is 14.1. The highest BCUT2D eigenvalue weighted by Crippen LogP contribution is 2.01. The Hall–Kier alpha value is -0.430. The van der Waals surface area contributed by atoms with Crippen molar-refractivity contribution in [1.82, 2.24) is 9.78 Å². The van der Waals surface area contributed by atoms with Crippen molar-refractivity contribution in [1.29, 1.82) is 0 Å². The Labute approximate surface area is 90.0 Å². The number of aromatic nitrogens is 2. The van der Waals surface area contributed by atoms with Gasteiger partial charge in [-0.3, -0.25) is 4.79 Å². The molecule has 0 radical (unpaired) electrons. The zero-order chi connectivity index (χ0) is 9.84. The summed E-state index contributed by atoms with van der Waals surface area (Å²) in [4.78, 5) is 11.4. The lowest BCUT2D eigenvalue weighted by Crippen LogP contribution is -2.27. The second-order valence-electron chi connectivity index (χ2n) is 2.76. The van der Waals surface area contributed by atoms with E-state index in [2.05, 4.69) is 27.7 Å². The number of methoxy groups -OCH3 is 1. The number of hydrogen-bond donors (Lipinski definition) is 0. The lowest BCUT2D eigenvalue weighted by atomic mass is 10.4. The first-order valence-corrected chi connectivity index (χ1v) is 4.96. The monoisotopic (exact) mass is 294 g/mol. The summed E-state index contributed by atoms with van der Waals surface area (Å²) < 4.78 is 7.21. The van der Waals surface area contributed by atoms with E-state index in [0.717, 1.165) is 3.57 Å². The zero-order valence-corrected chi connectivity index (χ0v) is 9.69. The largest absolute Gasteiger partial charge is 0.382 e. The average molecular weight is 294 g/mol. The summed E-state index contributed by atoms with van der Waals surface area (Å²) in [6, 6.07) is 1.54. The molecule has 1 aromatic heterocycles. The van der Waals surface area contributed by atoms with Gasteiger partial charge in [0, 0.05) is 16.7 Å². The molecule has 0 saturated heterocycles. The minimum atomic E-state index is -0.0866. The van der Waals surface area contributed by atoms with E-state index in [0.29, 0.717) is 6.61 Å². The van der Waals surface area contributed by atoms with Crippen LogP contribution in [0.15, 0.2) is 17.1 Å². The van der Waals surface area contributed by atoms with Crippen LogP contribution in [0.5, 0.6) is 0 Å². The summed E-state index contributed by atoms with van der Waals surface area (Å²) in [7, 11) is 1.61. The first-order valence-electron chi connectivity index (χ1n) is 3.88. The second-order valence-corrected chi connectivity index (χ2v) is 4.01. The van der Waals surface area contributed by atoms with Crippen molar-refractivity contribution in [2.45, 2.75) is 13.0 Å². The van der Waals surface area contributed by atoms with Crippen molar-refractivity contribution in [2.75, 3.05) is 13.7 Å². The van der Waals surface area contributed by atoms with E-state index in [1.807, 2.05) is 6.92 Å². The molecule has 0 N–H and O–H groups in total. The molecule has 1 atom stereocenters. The zero-order valence-electron chi connectivity index (χ0n) is 7.53. The third-order valence-corrected chi connectivity index (χ3v) is 2.21. The van der Waals surface area contributed by atoms with Crippen LogP contribution in [0.1, 0.15) is 13.0 Å². The summed E-state index contributed by atoms with van der Waals surface area (Å²) in [5.41, 5.74) is -0.0866. The molecule has 1 aromatic rings. The van der Waals surface area contributed by atoms with Crippen LogP contribution in [0.4, 0.5) is 0 Å². The van der Waals surface area contributed by atoms with Gasteiger partial charge < -0.3 is 4.74 Å². The maximum Gasteiger partial charge on any atom is 0.268 e. The van der Waals surface area contributed by atoms with Crippen LogP contribution in [0, 0.1) is 3.57 Å². The molecule has 0 aromatic carbocycles. The van der Waals surface area contributed by atoms with Gasteiger partial charge >= 0.3 is 0 Å². The highest BCUT2D eigenvalue weighted by Gasteiger charge is 2.06. The van der Waals surface area contributed by atoms with Gasteiger partial charge in [-0.25, -0.2) is 4.68 Å². The number of hydrogen-bond acceptors (Lipinski definition) is 3. The third-order valence-electron chi connectivity index (χ3n) is 1.62. The number of nitrogens with zero attached hydrogens (tertiary/aromatic N) is 2. The molecule has 0 fully saturated rings. The number of rotatable bonds is 3. The minimum absolute atomic E-state index is 0.0190. The third kappa shape index (κ3) is 2.77. The van der Waals surface area contributed by atoms with Crippen molar-refractivity contribution in [2.24, 2.45) is 0 Å². The molecule has 0 aliphatic carbocycles. The molecule has 1 heterocycles. The Morgan fingerprint density at radius 1 is 1.77 bits per heavy atom. The summed E-state index contributed by atoms with van der Waals surface area (Å²) >= 11 is 2.06. The van der Waals surface area contributed by atoms with Crippen LogP contribution in [0.2, 0.25) is 0 Å². The Morgan fingerprint density at radius 3 is 3.00 bits per heavy atom. The van der Waals surface area contributed by atoms with Gasteiger partial charge in [-0.2, -0.15) is 5.10 Å². The van der Waals surface area contributed by atoms with Crippen molar-refractivity contribution in [3.63, 3.8) is 0 Å². The smallest absolute Gasteiger partial charge is 0.268 e. The Morgan fingerprint density at radius 2 is 2.46 bits per heavy atom. The van der Waals surface area contributed by atoms with E-state index < -0.39 is 0 Å². The molecule has 13 heavy (non-hydrogen) atoms. The molecular formula is C8H11IN2O2. The Bertz CT molecular complexity index is 337. The molecule has 1 rings (SSSR count). The van der Waals surface area contributed by atoms with Gasteiger partial charge in [0.1, 0.15) is 0 Å². The quantitative estimate of drug-likeness (QED) is 0.783. The van der Waals surface area contributed by atoms with Gasteiger partial charge in [-0.05, 0) is 29.5 Å². The standard InChI is InChI=1S/C8H11IN2O2/c1-6(5-13-2)11-8(12)3-7(9)4-10-11/h3-4,6H,5H2,1-2H3. The summed E-state index contributed by atoms with van der Waals surface area (Å²) in [5.74, 6) is 0. The van der Waals surface area contributed by atoms with E-state index in [9.17, 15) is 4.79 Å². The molecule has 0 amide bonds. The van der Waals surface area contributed by atoms with Crippen molar-refractivity contribution in [3.8, 4) is 0 Å². The summed E-state index contributed by atoms with van der Waals surface area (Å²) in [6.07, 6.45) is 1.66. The molecule has 4 nitrogen and oxygen atoms in total. The first kappa shape index (κ1) is 10.6. The van der Waals surface area contributed by atoms with Gasteiger partial charge in [-0.1, -0.05) is 0 Å². The molecule has 0 bridgehead atoms. The van der Waals surface area contributed by atoms with Crippen LogP contribution in [0.25, 0.3) is 0 Å². The molecule has 0 saturated carbocycles. The summed E-state index contributed by atoms with van der Waals surface area (Å²) in [6.45, 7) is 2.39. The Kier molecular flexibility index (Phi) is 3.86. The molecule has 0 spiro atoms. The molecule has 5 heteroatoms. The molecule has 0 aliphatic rings. The van der Waals surface area contributed by atoms with E-state index in [4.69, 9.17) is 4.74 Å². The molecule has 72 valence electrons. The number of ether oxygens (including phenoxy) is 1. The van der Waals surface area contributed by atoms with Gasteiger partial charge in [0.05, 0.1) is 18.8 Å². The van der Waals surface area contributed by atoms with Crippen LogP contribution in [0.3, 0.4) is 0 Å². The number of halogens is 1.